The molecule has 0 aliphatic carbocycles. The largest absolute Gasteiger partial charge is 0.497 e. The molecule has 1 amide bonds. The predicted octanol–water partition coefficient (Wildman–Crippen LogP) is 4.67. The fourth-order valence-electron chi connectivity index (χ4n) is 3.56. The molecule has 3 heterocycles. The molecule has 5 aromatic rings. The average Bonchev–Trinajstić information content (AvgIpc) is 3.68. The molecule has 1 N–H and O–H groups in total. The summed E-state index contributed by atoms with van der Waals surface area (Å²) < 4.78 is 18.1. The Bertz CT molecular complexity index is 1410. The summed E-state index contributed by atoms with van der Waals surface area (Å²) in [4.78, 5) is 16.7. The number of methoxy groups -OCH3 is 1. The van der Waals surface area contributed by atoms with Crippen LogP contribution in [0.15, 0.2) is 93.2 Å². The maximum atomic E-state index is 12.4. The maximum Gasteiger partial charge on any atom is 0.273 e. The highest BCUT2D eigenvalue weighted by atomic mass is 32.2. The minimum atomic E-state index is -0.335. The smallest absolute Gasteiger partial charge is 0.273 e. The van der Waals surface area contributed by atoms with Gasteiger partial charge in [0.1, 0.15) is 23.6 Å². The predicted molar refractivity (Wildman–Crippen MR) is 133 cm³/mol. The molecule has 36 heavy (non-hydrogen) atoms. The van der Waals surface area contributed by atoms with Gasteiger partial charge in [0.05, 0.1) is 25.7 Å². The van der Waals surface area contributed by atoms with Gasteiger partial charge in [0.15, 0.2) is 10.9 Å². The molecule has 0 saturated heterocycles. The van der Waals surface area contributed by atoms with Gasteiger partial charge in [0, 0.05) is 12.1 Å². The molecule has 9 nitrogen and oxygen atoms in total. The van der Waals surface area contributed by atoms with E-state index in [9.17, 15) is 4.79 Å². The van der Waals surface area contributed by atoms with E-state index in [1.54, 1.807) is 25.5 Å². The van der Waals surface area contributed by atoms with Crippen LogP contribution in [0.5, 0.6) is 5.75 Å². The van der Waals surface area contributed by atoms with Crippen molar-refractivity contribution in [2.75, 3.05) is 7.11 Å². The first-order valence-corrected chi connectivity index (χ1v) is 12.2. The monoisotopic (exact) mass is 501 g/mol. The van der Waals surface area contributed by atoms with Crippen molar-refractivity contribution in [1.29, 1.82) is 0 Å². The van der Waals surface area contributed by atoms with Crippen molar-refractivity contribution in [3.05, 3.63) is 108 Å². The Hall–Kier alpha value is -4.31. The number of amides is 1. The van der Waals surface area contributed by atoms with E-state index >= 15 is 0 Å². The molecule has 0 saturated carbocycles. The van der Waals surface area contributed by atoms with Crippen LogP contribution in [0.3, 0.4) is 0 Å². The fourth-order valence-corrected chi connectivity index (χ4v) is 4.38. The zero-order chi connectivity index (χ0) is 24.7. The van der Waals surface area contributed by atoms with Gasteiger partial charge in [-0.25, -0.2) is 4.98 Å². The first-order chi connectivity index (χ1) is 17.7. The van der Waals surface area contributed by atoms with Crippen molar-refractivity contribution < 1.29 is 18.4 Å². The molecule has 0 aliphatic rings. The number of aromatic nitrogens is 4. The Kier molecular flexibility index (Phi) is 7.13. The number of hydrogen-bond acceptors (Lipinski definition) is 8. The first kappa shape index (κ1) is 23.4. The molecule has 2 aromatic carbocycles. The first-order valence-electron chi connectivity index (χ1n) is 11.2. The zero-order valence-electron chi connectivity index (χ0n) is 19.5. The number of carbonyl (C=O) groups excluding carboxylic acids is 1. The summed E-state index contributed by atoms with van der Waals surface area (Å²) in [7, 11) is 1.64. The van der Waals surface area contributed by atoms with Gasteiger partial charge < -0.3 is 18.9 Å². The number of benzene rings is 2. The number of nitrogens with one attached hydrogen (secondary N) is 1. The van der Waals surface area contributed by atoms with Crippen LogP contribution < -0.4 is 10.1 Å². The van der Waals surface area contributed by atoms with Crippen LogP contribution in [0.25, 0.3) is 5.69 Å². The van der Waals surface area contributed by atoms with Gasteiger partial charge >= 0.3 is 0 Å². The molecular formula is C26H23N5O4S. The van der Waals surface area contributed by atoms with Crippen molar-refractivity contribution in [2.45, 2.75) is 23.9 Å². The van der Waals surface area contributed by atoms with Crippen LogP contribution in [0.4, 0.5) is 0 Å². The third-order valence-electron chi connectivity index (χ3n) is 5.35. The topological polar surface area (TPSA) is 108 Å². The summed E-state index contributed by atoms with van der Waals surface area (Å²) in [6.45, 7) is 0.276. The minimum absolute atomic E-state index is 0.207. The van der Waals surface area contributed by atoms with Crippen LogP contribution >= 0.6 is 11.8 Å². The second-order valence-electron chi connectivity index (χ2n) is 7.77. The number of nitrogens with zero attached hydrogens (tertiary/aromatic N) is 4. The summed E-state index contributed by atoms with van der Waals surface area (Å²) in [5, 5.41) is 12.3. The van der Waals surface area contributed by atoms with E-state index in [1.165, 1.54) is 18.0 Å². The second kappa shape index (κ2) is 11.0. The Morgan fingerprint density at radius 3 is 2.61 bits per heavy atom. The number of ether oxygens (including phenoxy) is 1. The summed E-state index contributed by atoms with van der Waals surface area (Å²) in [6.07, 6.45) is 3.53. The molecule has 5 rings (SSSR count). The lowest BCUT2D eigenvalue weighted by Crippen LogP contribution is -2.22. The van der Waals surface area contributed by atoms with Crippen molar-refractivity contribution in [1.82, 2.24) is 25.1 Å². The molecule has 3 aromatic heterocycles. The molecule has 0 radical (unpaired) electrons. The highest BCUT2D eigenvalue weighted by Crippen LogP contribution is 2.27. The fraction of sp³-hybridized carbons (Fsp3) is 0.154. The van der Waals surface area contributed by atoms with Gasteiger partial charge in [-0.05, 0) is 42.0 Å². The van der Waals surface area contributed by atoms with E-state index in [4.69, 9.17) is 13.6 Å². The quantitative estimate of drug-likeness (QED) is 0.275. The Labute approximate surface area is 211 Å². The summed E-state index contributed by atoms with van der Waals surface area (Å²) in [6, 6.07) is 21.4. The molecule has 10 heteroatoms. The molecular weight excluding hydrogens is 478 g/mol. The zero-order valence-corrected chi connectivity index (χ0v) is 20.3. The molecule has 182 valence electrons. The van der Waals surface area contributed by atoms with E-state index in [0.29, 0.717) is 29.0 Å². The van der Waals surface area contributed by atoms with E-state index < -0.39 is 0 Å². The number of thioether (sulfide) groups is 1. The van der Waals surface area contributed by atoms with E-state index in [2.05, 4.69) is 32.6 Å². The van der Waals surface area contributed by atoms with Crippen molar-refractivity contribution in [3.8, 4) is 11.4 Å². The minimum Gasteiger partial charge on any atom is -0.497 e. The van der Waals surface area contributed by atoms with Crippen molar-refractivity contribution in [3.63, 3.8) is 0 Å². The van der Waals surface area contributed by atoms with Gasteiger partial charge in [-0.15, -0.1) is 10.2 Å². The number of hydrogen-bond donors (Lipinski definition) is 1. The van der Waals surface area contributed by atoms with E-state index in [0.717, 1.165) is 22.8 Å². The molecule has 0 spiro atoms. The van der Waals surface area contributed by atoms with Crippen molar-refractivity contribution >= 4 is 17.7 Å². The maximum absolute atomic E-state index is 12.4. The highest BCUT2D eigenvalue weighted by Gasteiger charge is 2.18. The molecule has 0 atom stereocenters. The molecule has 0 unspecified atom stereocenters. The van der Waals surface area contributed by atoms with Gasteiger partial charge in [-0.3, -0.25) is 9.36 Å². The highest BCUT2D eigenvalue weighted by molar-refractivity contribution is 7.98. The summed E-state index contributed by atoms with van der Waals surface area (Å²) in [5.41, 5.74) is 2.26. The SMILES string of the molecule is COc1ccc(-n2c(Cc3ccccc3)nnc2SCc2nc(C(=O)NCc3ccco3)co2)cc1. The average molecular weight is 502 g/mol. The van der Waals surface area contributed by atoms with Gasteiger partial charge in [0.25, 0.3) is 5.91 Å². The van der Waals surface area contributed by atoms with Gasteiger partial charge in [0.2, 0.25) is 5.89 Å². The Morgan fingerprint density at radius 1 is 1.03 bits per heavy atom. The van der Waals surface area contributed by atoms with Crippen LogP contribution in [0.1, 0.15) is 33.5 Å². The van der Waals surface area contributed by atoms with Gasteiger partial charge in [-0.2, -0.15) is 0 Å². The van der Waals surface area contributed by atoms with Gasteiger partial charge in [-0.1, -0.05) is 42.1 Å². The van der Waals surface area contributed by atoms with E-state index in [-0.39, 0.29) is 18.1 Å². The van der Waals surface area contributed by atoms with Crippen LogP contribution in [-0.2, 0) is 18.7 Å². The van der Waals surface area contributed by atoms with E-state index in [1.807, 2.05) is 47.0 Å². The van der Waals surface area contributed by atoms with Crippen LogP contribution in [0.2, 0.25) is 0 Å². The number of oxazole rings is 1. The third kappa shape index (κ3) is 5.49. The lowest BCUT2D eigenvalue weighted by molar-refractivity contribution is 0.0943. The summed E-state index contributed by atoms with van der Waals surface area (Å²) in [5.74, 6) is 2.69. The normalized spacial score (nSPS) is 10.9. The number of carbonyl (C=O) groups is 1. The van der Waals surface area contributed by atoms with Crippen LogP contribution in [-0.4, -0.2) is 32.8 Å². The molecule has 0 fully saturated rings. The lowest BCUT2D eigenvalue weighted by Gasteiger charge is -2.11. The standard InChI is InChI=1S/C26H23N5O4S/c1-33-20-11-9-19(10-12-20)31-23(14-18-6-3-2-4-7-18)29-30-26(31)36-17-24-28-22(16-35-24)25(32)27-15-21-8-5-13-34-21/h2-13,16H,14-15,17H2,1H3,(H,27,32). The second-order valence-corrected chi connectivity index (χ2v) is 8.71. The Morgan fingerprint density at radius 2 is 1.86 bits per heavy atom. The number of furan rings is 1. The van der Waals surface area contributed by atoms with Crippen LogP contribution in [0, 0.1) is 0 Å². The molecule has 0 bridgehead atoms. The number of rotatable bonds is 10. The van der Waals surface area contributed by atoms with Crippen molar-refractivity contribution in [2.24, 2.45) is 0 Å². The third-order valence-corrected chi connectivity index (χ3v) is 6.26. The summed E-state index contributed by atoms with van der Waals surface area (Å²) >= 11 is 1.43. The lowest BCUT2D eigenvalue weighted by atomic mass is 10.1. The Balaban J connectivity index is 1.31. The molecule has 0 aliphatic heterocycles.